The maximum absolute atomic E-state index is 12.3. The molecule has 4 nitrogen and oxygen atoms in total. The Labute approximate surface area is 150 Å². The van der Waals surface area contributed by atoms with Gasteiger partial charge in [0.2, 0.25) is 0 Å². The summed E-state index contributed by atoms with van der Waals surface area (Å²) in [4.78, 5) is 16.8. The Bertz CT molecular complexity index is 956. The van der Waals surface area contributed by atoms with Gasteiger partial charge in [0.1, 0.15) is 22.6 Å². The van der Waals surface area contributed by atoms with Crippen molar-refractivity contribution in [2.45, 2.75) is 18.9 Å². The van der Waals surface area contributed by atoms with Gasteiger partial charge in [0.05, 0.1) is 11.3 Å². The van der Waals surface area contributed by atoms with Gasteiger partial charge in [-0.05, 0) is 32.0 Å². The summed E-state index contributed by atoms with van der Waals surface area (Å²) >= 11 is 1.28. The van der Waals surface area contributed by atoms with Crippen LogP contribution >= 0.6 is 11.8 Å². The first-order valence-electron chi connectivity index (χ1n) is 7.78. The minimum absolute atomic E-state index is 0.00758. The van der Waals surface area contributed by atoms with Crippen molar-refractivity contribution in [2.24, 2.45) is 0 Å². The molecule has 0 saturated carbocycles. The third-order valence-corrected chi connectivity index (χ3v) is 4.64. The molecule has 2 heterocycles. The Morgan fingerprint density at radius 3 is 2.60 bits per heavy atom. The van der Waals surface area contributed by atoms with Gasteiger partial charge in [0.15, 0.2) is 5.78 Å². The Balaban J connectivity index is 1.90. The van der Waals surface area contributed by atoms with Crippen LogP contribution in [0.25, 0.3) is 11.3 Å². The molecule has 0 saturated heterocycles. The number of rotatable bonds is 5. The molecule has 1 aromatic carbocycles. The molecular weight excluding hydrogens is 332 g/mol. The average molecular weight is 348 g/mol. The quantitative estimate of drug-likeness (QED) is 0.489. The van der Waals surface area contributed by atoms with Crippen molar-refractivity contribution < 1.29 is 9.21 Å². The van der Waals surface area contributed by atoms with E-state index >= 15 is 0 Å². The fraction of sp³-hybridized carbons (Fsp3) is 0.150. The number of pyridine rings is 1. The van der Waals surface area contributed by atoms with Gasteiger partial charge in [0, 0.05) is 16.8 Å². The number of furan rings is 1. The summed E-state index contributed by atoms with van der Waals surface area (Å²) in [6, 6.07) is 16.9. The predicted octanol–water partition coefficient (Wildman–Crippen LogP) is 4.81. The molecule has 0 atom stereocenters. The number of aryl methyl sites for hydroxylation is 2. The van der Waals surface area contributed by atoms with Crippen molar-refractivity contribution in [3.8, 4) is 17.4 Å². The zero-order valence-electron chi connectivity index (χ0n) is 13.9. The van der Waals surface area contributed by atoms with Crippen LogP contribution in [0.2, 0.25) is 0 Å². The molecule has 124 valence electrons. The van der Waals surface area contributed by atoms with E-state index in [1.165, 1.54) is 11.8 Å². The number of hydrogen-bond donors (Lipinski definition) is 0. The van der Waals surface area contributed by atoms with Crippen molar-refractivity contribution >= 4 is 17.5 Å². The molecule has 25 heavy (non-hydrogen) atoms. The number of hydrogen-bond acceptors (Lipinski definition) is 5. The zero-order chi connectivity index (χ0) is 17.8. The third-order valence-electron chi connectivity index (χ3n) is 3.67. The van der Waals surface area contributed by atoms with E-state index < -0.39 is 0 Å². The van der Waals surface area contributed by atoms with E-state index in [9.17, 15) is 10.1 Å². The summed E-state index contributed by atoms with van der Waals surface area (Å²) in [7, 11) is 0. The molecule has 0 unspecified atom stereocenters. The molecule has 5 heteroatoms. The smallest absolute Gasteiger partial charge is 0.173 e. The van der Waals surface area contributed by atoms with Gasteiger partial charge in [0.25, 0.3) is 0 Å². The molecule has 3 rings (SSSR count). The van der Waals surface area contributed by atoms with Gasteiger partial charge < -0.3 is 4.42 Å². The summed E-state index contributed by atoms with van der Waals surface area (Å²) in [5.41, 5.74) is 2.57. The topological polar surface area (TPSA) is 66.9 Å². The van der Waals surface area contributed by atoms with Crippen molar-refractivity contribution in [1.29, 1.82) is 5.26 Å². The number of ketones is 1. The summed E-state index contributed by atoms with van der Waals surface area (Å²) in [6.45, 7) is 3.72. The van der Waals surface area contributed by atoms with Gasteiger partial charge in [-0.3, -0.25) is 4.79 Å². The fourth-order valence-electron chi connectivity index (χ4n) is 2.47. The lowest BCUT2D eigenvalue weighted by molar-refractivity contribution is 0.102. The highest BCUT2D eigenvalue weighted by atomic mass is 32.2. The molecule has 0 N–H and O–H groups in total. The summed E-state index contributed by atoms with van der Waals surface area (Å²) in [5.74, 6) is 1.65. The van der Waals surface area contributed by atoms with Crippen LogP contribution in [-0.2, 0) is 0 Å². The maximum atomic E-state index is 12.3. The normalized spacial score (nSPS) is 10.4. The Kier molecular flexibility index (Phi) is 5.01. The van der Waals surface area contributed by atoms with Crippen LogP contribution in [0.5, 0.6) is 0 Å². The fourth-order valence-corrected chi connectivity index (χ4v) is 3.41. The van der Waals surface area contributed by atoms with E-state index in [0.29, 0.717) is 27.5 Å². The van der Waals surface area contributed by atoms with E-state index in [0.717, 1.165) is 11.5 Å². The number of benzene rings is 1. The van der Waals surface area contributed by atoms with E-state index in [-0.39, 0.29) is 11.5 Å². The van der Waals surface area contributed by atoms with Crippen molar-refractivity contribution in [2.75, 3.05) is 5.75 Å². The third kappa shape index (κ3) is 3.81. The second-order valence-corrected chi connectivity index (χ2v) is 6.56. The first kappa shape index (κ1) is 17.0. The Morgan fingerprint density at radius 1 is 1.20 bits per heavy atom. The number of carbonyl (C=O) groups excluding carboxylic acids is 1. The largest absolute Gasteiger partial charge is 0.461 e. The van der Waals surface area contributed by atoms with Crippen LogP contribution in [0.15, 0.2) is 58.0 Å². The first-order chi connectivity index (χ1) is 12.1. The van der Waals surface area contributed by atoms with Crippen LogP contribution < -0.4 is 0 Å². The number of aromatic nitrogens is 1. The monoisotopic (exact) mass is 348 g/mol. The maximum Gasteiger partial charge on any atom is 0.173 e. The van der Waals surface area contributed by atoms with Crippen LogP contribution in [0, 0.1) is 25.2 Å². The molecule has 0 radical (unpaired) electrons. The minimum atomic E-state index is 0.00758. The van der Waals surface area contributed by atoms with Gasteiger partial charge in [-0.25, -0.2) is 4.98 Å². The molecule has 0 aliphatic rings. The lowest BCUT2D eigenvalue weighted by Crippen LogP contribution is -2.03. The van der Waals surface area contributed by atoms with Crippen molar-refractivity contribution in [3.05, 3.63) is 71.1 Å². The number of thioether (sulfide) groups is 1. The summed E-state index contributed by atoms with van der Waals surface area (Å²) in [6.07, 6.45) is 0. The van der Waals surface area contributed by atoms with Crippen molar-refractivity contribution in [1.82, 2.24) is 4.98 Å². The number of carbonyl (C=O) groups is 1. The molecule has 0 aliphatic carbocycles. The van der Waals surface area contributed by atoms with E-state index in [4.69, 9.17) is 4.42 Å². The van der Waals surface area contributed by atoms with Crippen LogP contribution in [0.3, 0.4) is 0 Å². The van der Waals surface area contributed by atoms with Gasteiger partial charge in [-0.15, -0.1) is 0 Å². The molecule has 0 bridgehead atoms. The van der Waals surface area contributed by atoms with E-state index in [1.54, 1.807) is 12.1 Å². The SMILES string of the molecule is Cc1cc(-c2ccc(C)o2)c(C#N)c(SCC(=O)c2ccccc2)n1. The second kappa shape index (κ2) is 7.37. The van der Waals surface area contributed by atoms with Crippen LogP contribution in [-0.4, -0.2) is 16.5 Å². The number of nitriles is 1. The van der Waals surface area contributed by atoms with Crippen LogP contribution in [0.1, 0.15) is 27.4 Å². The molecular formula is C20H16N2O2S. The number of nitrogens with zero attached hydrogens (tertiary/aromatic N) is 2. The predicted molar refractivity (Wildman–Crippen MR) is 97.6 cm³/mol. The van der Waals surface area contributed by atoms with E-state index in [1.807, 2.05) is 50.2 Å². The van der Waals surface area contributed by atoms with Crippen molar-refractivity contribution in [3.63, 3.8) is 0 Å². The molecule has 3 aromatic rings. The van der Waals surface area contributed by atoms with Gasteiger partial charge in [-0.1, -0.05) is 42.1 Å². The first-order valence-corrected chi connectivity index (χ1v) is 8.76. The van der Waals surface area contributed by atoms with Gasteiger partial charge >= 0.3 is 0 Å². The Hall–Kier alpha value is -2.84. The van der Waals surface area contributed by atoms with Crippen LogP contribution in [0.4, 0.5) is 0 Å². The standard InChI is InChI=1S/C20H16N2O2S/c1-13-10-16(19-9-8-14(2)24-19)17(11-21)20(22-13)25-12-18(23)15-6-4-3-5-7-15/h3-10H,12H2,1-2H3. The van der Waals surface area contributed by atoms with Gasteiger partial charge in [-0.2, -0.15) is 5.26 Å². The molecule has 0 fully saturated rings. The highest BCUT2D eigenvalue weighted by Crippen LogP contribution is 2.32. The summed E-state index contributed by atoms with van der Waals surface area (Å²) < 4.78 is 5.66. The molecule has 0 spiro atoms. The minimum Gasteiger partial charge on any atom is -0.461 e. The lowest BCUT2D eigenvalue weighted by atomic mass is 10.1. The molecule has 0 aliphatic heterocycles. The second-order valence-electron chi connectivity index (χ2n) is 5.59. The lowest BCUT2D eigenvalue weighted by Gasteiger charge is -2.08. The number of Topliss-reactive ketones (excluding diaryl/α,β-unsaturated/α-hetero) is 1. The summed E-state index contributed by atoms with van der Waals surface area (Å²) in [5, 5.41) is 10.2. The zero-order valence-corrected chi connectivity index (χ0v) is 14.8. The highest BCUT2D eigenvalue weighted by Gasteiger charge is 2.17. The molecule has 2 aromatic heterocycles. The highest BCUT2D eigenvalue weighted by molar-refractivity contribution is 8.00. The Morgan fingerprint density at radius 2 is 1.96 bits per heavy atom. The molecule has 0 amide bonds. The average Bonchev–Trinajstić information content (AvgIpc) is 3.06. The van der Waals surface area contributed by atoms with E-state index in [2.05, 4.69) is 11.1 Å².